The van der Waals surface area contributed by atoms with Crippen molar-refractivity contribution >= 4 is 5.91 Å². The Hall–Kier alpha value is -0.570. The maximum absolute atomic E-state index is 11.6. The number of rotatable bonds is 3. The zero-order chi connectivity index (χ0) is 11.4. The van der Waals surface area contributed by atoms with Crippen molar-refractivity contribution in [2.45, 2.75) is 65.1 Å². The molecule has 2 atom stereocenters. The summed E-state index contributed by atoms with van der Waals surface area (Å²) in [6.45, 7) is 9.06. The summed E-state index contributed by atoms with van der Waals surface area (Å²) < 4.78 is 0. The Morgan fingerprint density at radius 2 is 2.13 bits per heavy atom. The van der Waals surface area contributed by atoms with Crippen molar-refractivity contribution < 1.29 is 4.79 Å². The van der Waals surface area contributed by atoms with Crippen LogP contribution in [0.3, 0.4) is 0 Å². The molecule has 1 N–H and O–H groups in total. The fourth-order valence-corrected chi connectivity index (χ4v) is 2.43. The number of piperidine rings is 1. The molecule has 0 saturated carbocycles. The van der Waals surface area contributed by atoms with Gasteiger partial charge in [0.15, 0.2) is 0 Å². The molecule has 88 valence electrons. The smallest absolute Gasteiger partial charge is 0.219 e. The van der Waals surface area contributed by atoms with E-state index < -0.39 is 0 Å². The third-order valence-corrected chi connectivity index (χ3v) is 3.15. The van der Waals surface area contributed by atoms with Crippen LogP contribution >= 0.6 is 0 Å². The first-order chi connectivity index (χ1) is 7.02. The van der Waals surface area contributed by atoms with Crippen molar-refractivity contribution in [2.75, 3.05) is 6.54 Å². The number of amides is 1. The van der Waals surface area contributed by atoms with Gasteiger partial charge in [-0.3, -0.25) is 4.79 Å². The van der Waals surface area contributed by atoms with E-state index in [4.69, 9.17) is 0 Å². The van der Waals surface area contributed by atoms with Crippen LogP contribution in [0.4, 0.5) is 0 Å². The van der Waals surface area contributed by atoms with Gasteiger partial charge in [0.05, 0.1) is 0 Å². The Kier molecular flexibility index (Phi) is 4.58. The zero-order valence-corrected chi connectivity index (χ0v) is 10.4. The topological polar surface area (TPSA) is 32.3 Å². The highest BCUT2D eigenvalue weighted by molar-refractivity contribution is 5.74. The Balaban J connectivity index is 2.54. The van der Waals surface area contributed by atoms with E-state index in [-0.39, 0.29) is 5.91 Å². The minimum Gasteiger partial charge on any atom is -0.336 e. The first-order valence-electron chi connectivity index (χ1n) is 6.04. The Morgan fingerprint density at radius 3 is 2.67 bits per heavy atom. The third kappa shape index (κ3) is 3.49. The summed E-state index contributed by atoms with van der Waals surface area (Å²) in [5.74, 6) is 0.220. The monoisotopic (exact) mass is 212 g/mol. The molecule has 0 aromatic heterocycles. The standard InChI is InChI=1S/C12H24N2O/c1-9(2)13-8-12-7-5-6-10(3)14(12)11(4)15/h9-10,12-13H,5-8H2,1-4H3. The van der Waals surface area contributed by atoms with Crippen LogP contribution in [0, 0.1) is 0 Å². The second kappa shape index (κ2) is 5.50. The van der Waals surface area contributed by atoms with Gasteiger partial charge >= 0.3 is 0 Å². The van der Waals surface area contributed by atoms with Gasteiger partial charge in [-0.15, -0.1) is 0 Å². The van der Waals surface area contributed by atoms with Crippen molar-refractivity contribution in [3.8, 4) is 0 Å². The van der Waals surface area contributed by atoms with Crippen LogP contribution in [-0.2, 0) is 4.79 Å². The van der Waals surface area contributed by atoms with Crippen LogP contribution in [-0.4, -0.2) is 35.5 Å². The molecule has 0 aliphatic carbocycles. The highest BCUT2D eigenvalue weighted by Gasteiger charge is 2.29. The van der Waals surface area contributed by atoms with E-state index in [0.717, 1.165) is 19.4 Å². The summed E-state index contributed by atoms with van der Waals surface area (Å²) in [5.41, 5.74) is 0. The Morgan fingerprint density at radius 1 is 1.47 bits per heavy atom. The first-order valence-corrected chi connectivity index (χ1v) is 6.04. The van der Waals surface area contributed by atoms with Crippen molar-refractivity contribution in [1.29, 1.82) is 0 Å². The zero-order valence-electron chi connectivity index (χ0n) is 10.4. The Labute approximate surface area is 93.2 Å². The van der Waals surface area contributed by atoms with Gasteiger partial charge in [0.1, 0.15) is 0 Å². The van der Waals surface area contributed by atoms with Crippen LogP contribution in [0.2, 0.25) is 0 Å². The van der Waals surface area contributed by atoms with E-state index in [1.165, 1.54) is 6.42 Å². The van der Waals surface area contributed by atoms with Gasteiger partial charge in [0.25, 0.3) is 0 Å². The summed E-state index contributed by atoms with van der Waals surface area (Å²) in [6, 6.07) is 1.31. The normalized spacial score (nSPS) is 27.1. The first kappa shape index (κ1) is 12.5. The van der Waals surface area contributed by atoms with Gasteiger partial charge in [-0.1, -0.05) is 13.8 Å². The predicted octanol–water partition coefficient (Wildman–Crippen LogP) is 1.77. The van der Waals surface area contributed by atoms with Crippen LogP contribution in [0.5, 0.6) is 0 Å². The lowest BCUT2D eigenvalue weighted by molar-refractivity contribution is -0.135. The molecule has 1 saturated heterocycles. The molecule has 0 aromatic rings. The van der Waals surface area contributed by atoms with Gasteiger partial charge in [0, 0.05) is 31.6 Å². The number of nitrogens with one attached hydrogen (secondary N) is 1. The SMILES string of the molecule is CC(=O)N1C(C)CCCC1CNC(C)C. The molecule has 0 radical (unpaired) electrons. The van der Waals surface area contributed by atoms with Crippen molar-refractivity contribution in [1.82, 2.24) is 10.2 Å². The number of carbonyl (C=O) groups is 1. The average molecular weight is 212 g/mol. The lowest BCUT2D eigenvalue weighted by atomic mass is 9.96. The molecule has 0 spiro atoms. The van der Waals surface area contributed by atoms with Crippen molar-refractivity contribution in [2.24, 2.45) is 0 Å². The molecule has 0 bridgehead atoms. The quantitative estimate of drug-likeness (QED) is 0.773. The molecule has 1 rings (SSSR count). The summed E-state index contributed by atoms with van der Waals surface area (Å²) in [6.07, 6.45) is 3.54. The molecule has 1 aliphatic heterocycles. The predicted molar refractivity (Wildman–Crippen MR) is 62.8 cm³/mol. The van der Waals surface area contributed by atoms with Gasteiger partial charge < -0.3 is 10.2 Å². The molecule has 15 heavy (non-hydrogen) atoms. The number of carbonyl (C=O) groups excluding carboxylic acids is 1. The lowest BCUT2D eigenvalue weighted by Crippen LogP contribution is -2.52. The molecule has 3 nitrogen and oxygen atoms in total. The highest BCUT2D eigenvalue weighted by atomic mass is 16.2. The van der Waals surface area contributed by atoms with E-state index >= 15 is 0 Å². The largest absolute Gasteiger partial charge is 0.336 e. The fraction of sp³-hybridized carbons (Fsp3) is 0.917. The van der Waals surface area contributed by atoms with E-state index in [0.29, 0.717) is 18.1 Å². The molecule has 2 unspecified atom stereocenters. The maximum Gasteiger partial charge on any atom is 0.219 e. The molecular formula is C12H24N2O. The van der Waals surface area contributed by atoms with Gasteiger partial charge in [-0.05, 0) is 26.2 Å². The lowest BCUT2D eigenvalue weighted by Gasteiger charge is -2.40. The summed E-state index contributed by atoms with van der Waals surface area (Å²) in [4.78, 5) is 13.6. The second-order valence-corrected chi connectivity index (χ2v) is 4.92. The molecule has 1 aliphatic rings. The van der Waals surface area contributed by atoms with E-state index in [1.807, 2.05) is 0 Å². The molecule has 0 aromatic carbocycles. The van der Waals surface area contributed by atoms with Crippen LogP contribution < -0.4 is 5.32 Å². The van der Waals surface area contributed by atoms with Crippen LogP contribution in [0.15, 0.2) is 0 Å². The van der Waals surface area contributed by atoms with E-state index in [9.17, 15) is 4.79 Å². The number of nitrogens with zero attached hydrogens (tertiary/aromatic N) is 1. The number of hydrogen-bond donors (Lipinski definition) is 1. The molecule has 1 amide bonds. The Bertz CT molecular complexity index is 216. The minimum atomic E-state index is 0.220. The molecule has 3 heteroatoms. The number of hydrogen-bond acceptors (Lipinski definition) is 2. The highest BCUT2D eigenvalue weighted by Crippen LogP contribution is 2.22. The van der Waals surface area contributed by atoms with Gasteiger partial charge in [-0.2, -0.15) is 0 Å². The average Bonchev–Trinajstić information content (AvgIpc) is 2.13. The second-order valence-electron chi connectivity index (χ2n) is 4.92. The third-order valence-electron chi connectivity index (χ3n) is 3.15. The van der Waals surface area contributed by atoms with Crippen LogP contribution in [0.1, 0.15) is 47.0 Å². The summed E-state index contributed by atoms with van der Waals surface area (Å²) in [7, 11) is 0. The van der Waals surface area contributed by atoms with E-state index in [1.54, 1.807) is 6.92 Å². The number of likely N-dealkylation sites (tertiary alicyclic amines) is 1. The summed E-state index contributed by atoms with van der Waals surface area (Å²) >= 11 is 0. The van der Waals surface area contributed by atoms with Gasteiger partial charge in [0.2, 0.25) is 5.91 Å². The molecular weight excluding hydrogens is 188 g/mol. The summed E-state index contributed by atoms with van der Waals surface area (Å²) in [5, 5.41) is 3.43. The van der Waals surface area contributed by atoms with Crippen molar-refractivity contribution in [3.05, 3.63) is 0 Å². The maximum atomic E-state index is 11.6. The minimum absolute atomic E-state index is 0.220. The van der Waals surface area contributed by atoms with E-state index in [2.05, 4.69) is 31.0 Å². The fourth-order valence-electron chi connectivity index (χ4n) is 2.43. The molecule has 1 fully saturated rings. The van der Waals surface area contributed by atoms with Crippen molar-refractivity contribution in [3.63, 3.8) is 0 Å². The van der Waals surface area contributed by atoms with Gasteiger partial charge in [-0.25, -0.2) is 0 Å². The van der Waals surface area contributed by atoms with Crippen LogP contribution in [0.25, 0.3) is 0 Å². The molecule has 1 heterocycles.